The lowest BCUT2D eigenvalue weighted by Gasteiger charge is -2.23. The van der Waals surface area contributed by atoms with Crippen molar-refractivity contribution < 1.29 is 9.84 Å². The summed E-state index contributed by atoms with van der Waals surface area (Å²) in [5.41, 5.74) is 2.42. The molecule has 0 aliphatic carbocycles. The van der Waals surface area contributed by atoms with Crippen molar-refractivity contribution in [1.82, 2.24) is 0 Å². The molecule has 0 heterocycles. The Morgan fingerprint density at radius 3 is 1.92 bits per heavy atom. The van der Waals surface area contributed by atoms with Crippen molar-refractivity contribution in [2.45, 2.75) is 26.2 Å². The Balaban J connectivity index is 2.17. The third-order valence-electron chi connectivity index (χ3n) is 3.98. The molecule has 0 amide bonds. The summed E-state index contributed by atoms with van der Waals surface area (Å²) in [5.74, 6) is 1.68. The molecule has 0 aliphatic heterocycles. The van der Waals surface area contributed by atoms with Gasteiger partial charge in [-0.3, -0.25) is 0 Å². The van der Waals surface area contributed by atoms with Gasteiger partial charge in [0.15, 0.2) is 0 Å². The van der Waals surface area contributed by atoms with Gasteiger partial charge in [0.1, 0.15) is 17.2 Å². The fraction of sp³-hybridized carbons (Fsp3) is 0.182. The fourth-order valence-electron chi connectivity index (χ4n) is 2.76. The predicted octanol–water partition coefficient (Wildman–Crippen LogP) is 6.15. The molecule has 3 aromatic rings. The molecule has 122 valence electrons. The number of benzene rings is 3. The van der Waals surface area contributed by atoms with Gasteiger partial charge in [-0.05, 0) is 29.2 Å². The molecule has 1 N–H and O–H groups in total. The fourth-order valence-corrected chi connectivity index (χ4v) is 2.76. The number of hydrogen-bond acceptors (Lipinski definition) is 2. The van der Waals surface area contributed by atoms with E-state index in [1.165, 1.54) is 0 Å². The molecular weight excluding hydrogens is 296 g/mol. The van der Waals surface area contributed by atoms with E-state index >= 15 is 0 Å². The van der Waals surface area contributed by atoms with Crippen LogP contribution < -0.4 is 4.74 Å². The van der Waals surface area contributed by atoms with Crippen molar-refractivity contribution in [2.24, 2.45) is 0 Å². The largest absolute Gasteiger partial charge is 0.507 e. The molecule has 0 unspecified atom stereocenters. The molecule has 24 heavy (non-hydrogen) atoms. The highest BCUT2D eigenvalue weighted by Gasteiger charge is 2.23. The Labute approximate surface area is 143 Å². The number of phenols is 1. The van der Waals surface area contributed by atoms with Crippen LogP contribution in [0, 0.1) is 0 Å². The SMILES string of the molecule is CC(C)(C)c1ccc(Oc2ccccc2)c(-c2ccccc2)c1O. The predicted molar refractivity (Wildman–Crippen MR) is 98.8 cm³/mol. The first-order chi connectivity index (χ1) is 11.5. The maximum absolute atomic E-state index is 11.0. The van der Waals surface area contributed by atoms with Crippen molar-refractivity contribution >= 4 is 0 Å². The smallest absolute Gasteiger partial charge is 0.139 e. The van der Waals surface area contributed by atoms with Crippen LogP contribution in [0.15, 0.2) is 72.8 Å². The first-order valence-electron chi connectivity index (χ1n) is 8.11. The molecule has 3 aromatic carbocycles. The molecule has 0 saturated carbocycles. The van der Waals surface area contributed by atoms with Crippen LogP contribution in [0.4, 0.5) is 0 Å². The Morgan fingerprint density at radius 1 is 0.750 bits per heavy atom. The molecule has 2 heteroatoms. The van der Waals surface area contributed by atoms with E-state index in [0.717, 1.165) is 22.4 Å². The van der Waals surface area contributed by atoms with E-state index in [2.05, 4.69) is 20.8 Å². The zero-order chi connectivity index (χ0) is 17.2. The van der Waals surface area contributed by atoms with Crippen LogP contribution in [0.2, 0.25) is 0 Å². The van der Waals surface area contributed by atoms with E-state index in [1.54, 1.807) is 0 Å². The minimum Gasteiger partial charge on any atom is -0.507 e. The van der Waals surface area contributed by atoms with Crippen LogP contribution in [0.1, 0.15) is 26.3 Å². The molecule has 0 aromatic heterocycles. The summed E-state index contributed by atoms with van der Waals surface area (Å²) < 4.78 is 6.05. The molecule has 0 aliphatic rings. The monoisotopic (exact) mass is 318 g/mol. The molecule has 0 bridgehead atoms. The molecule has 0 spiro atoms. The first kappa shape index (κ1) is 16.1. The number of ether oxygens (including phenoxy) is 1. The van der Waals surface area contributed by atoms with Gasteiger partial charge in [0.2, 0.25) is 0 Å². The van der Waals surface area contributed by atoms with E-state index in [0.29, 0.717) is 5.75 Å². The normalized spacial score (nSPS) is 11.3. The van der Waals surface area contributed by atoms with Crippen molar-refractivity contribution in [3.05, 3.63) is 78.4 Å². The third kappa shape index (κ3) is 3.28. The first-order valence-corrected chi connectivity index (χ1v) is 8.11. The van der Waals surface area contributed by atoms with Crippen LogP contribution in [-0.4, -0.2) is 5.11 Å². The van der Waals surface area contributed by atoms with Crippen LogP contribution in [0.3, 0.4) is 0 Å². The quantitative estimate of drug-likeness (QED) is 0.627. The number of hydrogen-bond donors (Lipinski definition) is 1. The number of phenolic OH excluding ortho intramolecular Hbond substituents is 1. The molecule has 0 fully saturated rings. The van der Waals surface area contributed by atoms with Gasteiger partial charge in [0, 0.05) is 5.56 Å². The van der Waals surface area contributed by atoms with Gasteiger partial charge in [-0.2, -0.15) is 0 Å². The summed E-state index contributed by atoms with van der Waals surface area (Å²) in [6.07, 6.45) is 0. The lowest BCUT2D eigenvalue weighted by Crippen LogP contribution is -2.11. The topological polar surface area (TPSA) is 29.5 Å². The molecule has 0 radical (unpaired) electrons. The summed E-state index contributed by atoms with van der Waals surface area (Å²) in [6.45, 7) is 6.28. The second-order valence-electron chi connectivity index (χ2n) is 6.87. The van der Waals surface area contributed by atoms with Gasteiger partial charge in [0.25, 0.3) is 0 Å². The van der Waals surface area contributed by atoms with Crippen molar-refractivity contribution in [3.8, 4) is 28.4 Å². The second kappa shape index (κ2) is 6.40. The molecule has 0 atom stereocenters. The van der Waals surface area contributed by atoms with Crippen LogP contribution >= 0.6 is 0 Å². The minimum absolute atomic E-state index is 0.154. The summed E-state index contributed by atoms with van der Waals surface area (Å²) in [7, 11) is 0. The van der Waals surface area contributed by atoms with Gasteiger partial charge in [0.05, 0.1) is 5.56 Å². The average molecular weight is 318 g/mol. The van der Waals surface area contributed by atoms with Crippen molar-refractivity contribution in [3.63, 3.8) is 0 Å². The maximum Gasteiger partial charge on any atom is 0.139 e. The Morgan fingerprint density at radius 2 is 1.33 bits per heavy atom. The van der Waals surface area contributed by atoms with Crippen LogP contribution in [0.5, 0.6) is 17.2 Å². The summed E-state index contributed by atoms with van der Waals surface area (Å²) >= 11 is 0. The van der Waals surface area contributed by atoms with E-state index in [9.17, 15) is 5.11 Å². The van der Waals surface area contributed by atoms with E-state index in [1.807, 2.05) is 72.8 Å². The highest BCUT2D eigenvalue weighted by atomic mass is 16.5. The Hall–Kier alpha value is -2.74. The van der Waals surface area contributed by atoms with Gasteiger partial charge < -0.3 is 9.84 Å². The van der Waals surface area contributed by atoms with Gasteiger partial charge >= 0.3 is 0 Å². The third-order valence-corrected chi connectivity index (χ3v) is 3.98. The zero-order valence-corrected chi connectivity index (χ0v) is 14.3. The molecule has 0 saturated heterocycles. The maximum atomic E-state index is 11.0. The number of rotatable bonds is 3. The lowest BCUT2D eigenvalue weighted by atomic mass is 9.84. The highest BCUT2D eigenvalue weighted by Crippen LogP contribution is 2.45. The Bertz CT molecular complexity index is 816. The van der Waals surface area contributed by atoms with E-state index in [4.69, 9.17) is 4.74 Å². The van der Waals surface area contributed by atoms with Crippen molar-refractivity contribution in [2.75, 3.05) is 0 Å². The highest BCUT2D eigenvalue weighted by molar-refractivity contribution is 5.79. The van der Waals surface area contributed by atoms with E-state index < -0.39 is 0 Å². The molecule has 3 rings (SSSR count). The number of para-hydroxylation sites is 1. The summed E-state index contributed by atoms with van der Waals surface area (Å²) in [5, 5.41) is 11.0. The van der Waals surface area contributed by atoms with Crippen LogP contribution in [0.25, 0.3) is 11.1 Å². The summed E-state index contributed by atoms with van der Waals surface area (Å²) in [4.78, 5) is 0. The molecule has 2 nitrogen and oxygen atoms in total. The van der Waals surface area contributed by atoms with Gasteiger partial charge in [-0.1, -0.05) is 75.4 Å². The molecular formula is C22H22O2. The van der Waals surface area contributed by atoms with E-state index in [-0.39, 0.29) is 11.2 Å². The minimum atomic E-state index is -0.154. The standard InChI is InChI=1S/C22H22O2/c1-22(2,3)18-14-15-19(24-17-12-8-5-9-13-17)20(21(18)23)16-10-6-4-7-11-16/h4-15,23H,1-3H3. The average Bonchev–Trinajstić information content (AvgIpc) is 2.55. The summed E-state index contributed by atoms with van der Waals surface area (Å²) in [6, 6.07) is 23.4. The van der Waals surface area contributed by atoms with Gasteiger partial charge in [-0.15, -0.1) is 0 Å². The lowest BCUT2D eigenvalue weighted by molar-refractivity contribution is 0.437. The van der Waals surface area contributed by atoms with Crippen molar-refractivity contribution in [1.29, 1.82) is 0 Å². The zero-order valence-electron chi connectivity index (χ0n) is 14.3. The second-order valence-corrected chi connectivity index (χ2v) is 6.87. The Kier molecular flexibility index (Phi) is 4.30. The van der Waals surface area contributed by atoms with Crippen LogP contribution in [-0.2, 0) is 5.41 Å². The van der Waals surface area contributed by atoms with Gasteiger partial charge in [-0.25, -0.2) is 0 Å². The number of aromatic hydroxyl groups is 1.